The number of carbonyl (C=O) groups is 2. The summed E-state index contributed by atoms with van der Waals surface area (Å²) in [6.45, 7) is 7.24. The van der Waals surface area contributed by atoms with Gasteiger partial charge in [-0.3, -0.25) is 9.59 Å². The molecule has 46 heavy (non-hydrogen) atoms. The van der Waals surface area contributed by atoms with E-state index in [-0.39, 0.29) is 50.1 Å². The minimum atomic E-state index is -4.21. The van der Waals surface area contributed by atoms with Crippen LogP contribution in [-0.2, 0) is 18.4 Å². The summed E-state index contributed by atoms with van der Waals surface area (Å²) in [5.41, 5.74) is 3.10. The molecule has 2 aromatic carbocycles. The van der Waals surface area contributed by atoms with E-state index in [4.69, 9.17) is 28.2 Å². The molecule has 2 fully saturated rings. The van der Waals surface area contributed by atoms with Gasteiger partial charge in [0, 0.05) is 49.6 Å². The summed E-state index contributed by atoms with van der Waals surface area (Å²) in [7, 11) is 1.85. The SMILES string of the molecule is Cn1c(Nc2c(Cl)ccc(CNC(=O)C(C)(C)C)c2Cl)nc2cc(C(=O)NC3CCC(C(F)(F)F)CC3)c(N3CCSCC3)cc21. The van der Waals surface area contributed by atoms with Crippen molar-refractivity contribution in [2.45, 2.75) is 65.2 Å². The number of nitrogens with zero attached hydrogens (tertiary/aromatic N) is 3. The van der Waals surface area contributed by atoms with Gasteiger partial charge in [0.15, 0.2) is 0 Å². The molecule has 2 aliphatic rings. The maximum absolute atomic E-state index is 13.7. The standard InChI is InChI=1S/C32H39Cl2F3N6O2S/c1-31(2,3)29(45)38-17-18-5-10-22(33)27(26(18)34)41-30-40-23-15-21(24(16-25(23)42(30)4)43-11-13-46-14-12-43)28(44)39-20-8-6-19(7-9-20)32(35,36)37/h5,10,15-16,19-20H,6-9,11-14,17H2,1-4H3,(H,38,45)(H,39,44)(H,40,41). The lowest BCUT2D eigenvalue weighted by molar-refractivity contribution is -0.182. The van der Waals surface area contributed by atoms with E-state index in [1.165, 1.54) is 0 Å². The molecule has 3 aromatic rings. The third-order valence-electron chi connectivity index (χ3n) is 8.65. The van der Waals surface area contributed by atoms with Crippen LogP contribution in [0.25, 0.3) is 11.0 Å². The van der Waals surface area contributed by atoms with Gasteiger partial charge in [-0.15, -0.1) is 0 Å². The summed E-state index contributed by atoms with van der Waals surface area (Å²) in [6, 6.07) is 6.83. The number of halogens is 5. The molecule has 8 nitrogen and oxygen atoms in total. The fourth-order valence-electron chi connectivity index (χ4n) is 5.81. The van der Waals surface area contributed by atoms with Gasteiger partial charge in [-0.25, -0.2) is 4.98 Å². The van der Waals surface area contributed by atoms with Crippen molar-refractivity contribution in [1.82, 2.24) is 20.2 Å². The Morgan fingerprint density at radius 1 is 1.04 bits per heavy atom. The lowest BCUT2D eigenvalue weighted by Gasteiger charge is -2.32. The van der Waals surface area contributed by atoms with Gasteiger partial charge in [0.2, 0.25) is 11.9 Å². The van der Waals surface area contributed by atoms with Crippen molar-refractivity contribution >= 4 is 75.1 Å². The second-order valence-corrected chi connectivity index (χ2v) is 15.0. The van der Waals surface area contributed by atoms with Gasteiger partial charge in [0.25, 0.3) is 5.91 Å². The summed E-state index contributed by atoms with van der Waals surface area (Å²) < 4.78 is 41.5. The maximum atomic E-state index is 13.7. The van der Waals surface area contributed by atoms with Crippen LogP contribution in [0.4, 0.5) is 30.5 Å². The molecular weight excluding hydrogens is 660 g/mol. The first-order chi connectivity index (χ1) is 21.6. The van der Waals surface area contributed by atoms with Crippen LogP contribution in [-0.4, -0.2) is 58.2 Å². The zero-order valence-electron chi connectivity index (χ0n) is 26.3. The van der Waals surface area contributed by atoms with Crippen molar-refractivity contribution in [3.05, 3.63) is 45.4 Å². The van der Waals surface area contributed by atoms with Crippen molar-refractivity contribution in [2.24, 2.45) is 18.4 Å². The van der Waals surface area contributed by atoms with E-state index in [9.17, 15) is 22.8 Å². The molecule has 0 bridgehead atoms. The molecule has 0 unspecified atom stereocenters. The molecule has 0 atom stereocenters. The number of nitrogens with one attached hydrogen (secondary N) is 3. The molecule has 2 heterocycles. The topological polar surface area (TPSA) is 91.3 Å². The Morgan fingerprint density at radius 3 is 2.35 bits per heavy atom. The Morgan fingerprint density at radius 2 is 1.72 bits per heavy atom. The number of carbonyl (C=O) groups excluding carboxylic acids is 2. The second kappa shape index (κ2) is 13.7. The van der Waals surface area contributed by atoms with Crippen LogP contribution in [0, 0.1) is 11.3 Å². The van der Waals surface area contributed by atoms with Crippen LogP contribution in [0.15, 0.2) is 24.3 Å². The summed E-state index contributed by atoms with van der Waals surface area (Å²) >= 11 is 15.2. The fraction of sp³-hybridized carbons (Fsp3) is 0.531. The van der Waals surface area contributed by atoms with Crippen LogP contribution in [0.5, 0.6) is 0 Å². The number of anilines is 3. The van der Waals surface area contributed by atoms with E-state index in [0.29, 0.717) is 38.3 Å². The van der Waals surface area contributed by atoms with E-state index in [1.807, 2.05) is 50.2 Å². The highest BCUT2D eigenvalue weighted by atomic mass is 35.5. The van der Waals surface area contributed by atoms with E-state index in [0.717, 1.165) is 35.8 Å². The number of rotatable bonds is 7. The van der Waals surface area contributed by atoms with Crippen LogP contribution < -0.4 is 20.9 Å². The zero-order valence-corrected chi connectivity index (χ0v) is 28.6. The van der Waals surface area contributed by atoms with E-state index < -0.39 is 17.5 Å². The highest BCUT2D eigenvalue weighted by Gasteiger charge is 2.41. The van der Waals surface area contributed by atoms with Gasteiger partial charge in [0.1, 0.15) is 0 Å². The molecule has 1 saturated carbocycles. The van der Waals surface area contributed by atoms with E-state index in [2.05, 4.69) is 20.9 Å². The quantitative estimate of drug-likeness (QED) is 0.234. The first-order valence-electron chi connectivity index (χ1n) is 15.4. The minimum absolute atomic E-state index is 0.00817. The maximum Gasteiger partial charge on any atom is 0.391 e. The monoisotopic (exact) mass is 698 g/mol. The lowest BCUT2D eigenvalue weighted by Crippen LogP contribution is -2.41. The van der Waals surface area contributed by atoms with Gasteiger partial charge in [-0.05, 0) is 49.4 Å². The average Bonchev–Trinajstić information content (AvgIpc) is 3.31. The average molecular weight is 700 g/mol. The molecule has 5 rings (SSSR count). The van der Waals surface area contributed by atoms with Crippen molar-refractivity contribution < 1.29 is 22.8 Å². The van der Waals surface area contributed by atoms with Crippen LogP contribution >= 0.6 is 35.0 Å². The largest absolute Gasteiger partial charge is 0.391 e. The number of aromatic nitrogens is 2. The highest BCUT2D eigenvalue weighted by molar-refractivity contribution is 7.99. The molecule has 0 radical (unpaired) electrons. The predicted octanol–water partition coefficient (Wildman–Crippen LogP) is 7.69. The van der Waals surface area contributed by atoms with Crippen molar-refractivity contribution in [1.29, 1.82) is 0 Å². The molecule has 1 aromatic heterocycles. The molecule has 250 valence electrons. The van der Waals surface area contributed by atoms with Crippen molar-refractivity contribution in [2.75, 3.05) is 34.8 Å². The number of thioether (sulfide) groups is 1. The third-order valence-corrected chi connectivity index (χ3v) is 10.3. The first kappa shape index (κ1) is 34.5. The second-order valence-electron chi connectivity index (χ2n) is 13.0. The molecule has 3 N–H and O–H groups in total. The summed E-state index contributed by atoms with van der Waals surface area (Å²) in [5, 5.41) is 9.89. The minimum Gasteiger partial charge on any atom is -0.369 e. The van der Waals surface area contributed by atoms with Crippen molar-refractivity contribution in [3.63, 3.8) is 0 Å². The Hall–Kier alpha value is -2.83. The number of alkyl halides is 3. The number of fused-ring (bicyclic) bond motifs is 1. The molecule has 1 saturated heterocycles. The molecule has 2 amide bonds. The van der Waals surface area contributed by atoms with Gasteiger partial charge in [-0.1, -0.05) is 50.0 Å². The highest BCUT2D eigenvalue weighted by Crippen LogP contribution is 2.39. The van der Waals surface area contributed by atoms with Gasteiger partial charge < -0.3 is 25.4 Å². The molecule has 1 aliphatic carbocycles. The Bertz CT molecular complexity index is 1610. The number of imidazole rings is 1. The Balaban J connectivity index is 1.43. The van der Waals surface area contributed by atoms with Gasteiger partial charge in [0.05, 0.1) is 43.9 Å². The number of hydrogen-bond donors (Lipinski definition) is 3. The first-order valence-corrected chi connectivity index (χ1v) is 17.3. The summed E-state index contributed by atoms with van der Waals surface area (Å²) in [5.74, 6) is 0.535. The fourth-order valence-corrected chi connectivity index (χ4v) is 7.25. The van der Waals surface area contributed by atoms with Gasteiger partial charge >= 0.3 is 6.18 Å². The number of aryl methyl sites for hydroxylation is 1. The predicted molar refractivity (Wildman–Crippen MR) is 181 cm³/mol. The van der Waals surface area contributed by atoms with Crippen LogP contribution in [0.2, 0.25) is 10.0 Å². The third kappa shape index (κ3) is 7.65. The van der Waals surface area contributed by atoms with Gasteiger partial charge in [-0.2, -0.15) is 24.9 Å². The normalized spacial score (nSPS) is 19.3. The molecule has 14 heteroatoms. The summed E-state index contributed by atoms with van der Waals surface area (Å²) in [6.07, 6.45) is -3.62. The van der Waals surface area contributed by atoms with Crippen molar-refractivity contribution in [3.8, 4) is 0 Å². The smallest absolute Gasteiger partial charge is 0.369 e. The van der Waals surface area contributed by atoms with Crippen LogP contribution in [0.3, 0.4) is 0 Å². The number of hydrogen-bond acceptors (Lipinski definition) is 6. The molecule has 1 aliphatic heterocycles. The lowest BCUT2D eigenvalue weighted by atomic mass is 9.85. The molecular formula is C32H39Cl2F3N6O2S. The summed E-state index contributed by atoms with van der Waals surface area (Å²) in [4.78, 5) is 33.1. The molecule has 0 spiro atoms. The zero-order chi connectivity index (χ0) is 33.4. The van der Waals surface area contributed by atoms with E-state index >= 15 is 0 Å². The Kier molecular flexibility index (Phi) is 10.3. The van der Waals surface area contributed by atoms with Crippen LogP contribution in [0.1, 0.15) is 62.4 Å². The van der Waals surface area contributed by atoms with E-state index in [1.54, 1.807) is 18.2 Å². The number of amides is 2. The Labute approximate surface area is 281 Å². The number of benzene rings is 2.